The average molecular weight is 384 g/mol. The maximum atomic E-state index is 11.9. The van der Waals surface area contributed by atoms with E-state index >= 15 is 0 Å². The Kier molecular flexibility index (Phi) is 5.11. The largest absolute Gasteiger partial charge is 0.374 e. The van der Waals surface area contributed by atoms with Gasteiger partial charge < -0.3 is 11.1 Å². The highest BCUT2D eigenvalue weighted by Gasteiger charge is 2.11. The Balaban J connectivity index is 1.60. The summed E-state index contributed by atoms with van der Waals surface area (Å²) in [6.07, 6.45) is 0. The Bertz CT molecular complexity index is 834. The molecule has 0 aliphatic rings. The first-order chi connectivity index (χ1) is 11.1. The lowest BCUT2D eigenvalue weighted by Crippen LogP contribution is -2.13. The third-order valence-electron chi connectivity index (χ3n) is 2.65. The summed E-state index contributed by atoms with van der Waals surface area (Å²) in [6, 6.07) is 7.44. The minimum absolute atomic E-state index is 0.163. The van der Waals surface area contributed by atoms with Crippen LogP contribution in [0.3, 0.4) is 0 Å². The predicted octanol–water partition coefficient (Wildman–Crippen LogP) is 3.63. The van der Waals surface area contributed by atoms with Gasteiger partial charge in [-0.2, -0.15) is 0 Å². The van der Waals surface area contributed by atoms with Crippen molar-refractivity contribution in [2.75, 3.05) is 16.8 Å². The molecule has 3 rings (SSSR count). The third-order valence-corrected chi connectivity index (χ3v) is 5.62. The van der Waals surface area contributed by atoms with Gasteiger partial charge in [0.2, 0.25) is 11.0 Å². The monoisotopic (exact) mass is 383 g/mol. The van der Waals surface area contributed by atoms with Crippen LogP contribution in [0.15, 0.2) is 34.0 Å². The number of amides is 1. The zero-order valence-corrected chi connectivity index (χ0v) is 14.7. The summed E-state index contributed by atoms with van der Waals surface area (Å²) in [4.78, 5) is 16.3. The maximum Gasteiger partial charge on any atom is 0.236 e. The van der Waals surface area contributed by atoms with Gasteiger partial charge in [-0.15, -0.1) is 21.5 Å². The molecule has 0 saturated carbocycles. The molecule has 10 heteroatoms. The molecule has 0 bridgehead atoms. The van der Waals surface area contributed by atoms with Crippen molar-refractivity contribution in [1.82, 2.24) is 15.2 Å². The van der Waals surface area contributed by atoms with Gasteiger partial charge in [0.05, 0.1) is 11.4 Å². The number of nitrogens with one attached hydrogen (secondary N) is 1. The second-order valence-corrected chi connectivity index (χ2v) is 7.76. The number of hydrogen-bond acceptors (Lipinski definition) is 8. The molecule has 23 heavy (non-hydrogen) atoms. The Morgan fingerprint density at radius 3 is 2.91 bits per heavy atom. The number of rotatable bonds is 5. The number of aromatic nitrogens is 3. The van der Waals surface area contributed by atoms with E-state index in [1.165, 1.54) is 34.4 Å². The van der Waals surface area contributed by atoms with Gasteiger partial charge in [0, 0.05) is 16.0 Å². The number of halogens is 1. The average Bonchev–Trinajstić information content (AvgIpc) is 3.15. The molecular formula is C13H10ClN5OS3. The number of nitrogens with zero attached hydrogens (tertiary/aromatic N) is 3. The Labute approximate surface area is 149 Å². The zero-order valence-electron chi connectivity index (χ0n) is 11.5. The number of carbonyl (C=O) groups is 1. The maximum absolute atomic E-state index is 11.9. The summed E-state index contributed by atoms with van der Waals surface area (Å²) in [5.41, 5.74) is 7.06. The van der Waals surface area contributed by atoms with E-state index in [1.54, 1.807) is 6.07 Å². The smallest absolute Gasteiger partial charge is 0.236 e. The number of benzene rings is 1. The van der Waals surface area contributed by atoms with Gasteiger partial charge in [0.15, 0.2) is 9.47 Å². The number of thiazole rings is 1. The SMILES string of the molecule is Nc1nnc(SCC(=O)Nc2nc(-c3ccccc3Cl)cs2)s1. The molecule has 0 radical (unpaired) electrons. The standard InChI is InChI=1S/C13H10ClN5OS3/c14-8-4-2-1-3-7(8)9-5-21-12(16-9)17-10(20)6-22-13-19-18-11(15)23-13/h1-5H,6H2,(H2,15,18)(H,16,17,20). The van der Waals surface area contributed by atoms with Crippen LogP contribution in [0, 0.1) is 0 Å². The van der Waals surface area contributed by atoms with Crippen molar-refractivity contribution in [3.05, 3.63) is 34.7 Å². The van der Waals surface area contributed by atoms with Crippen LogP contribution >= 0.6 is 46.0 Å². The molecule has 0 atom stereocenters. The number of hydrogen-bond donors (Lipinski definition) is 2. The van der Waals surface area contributed by atoms with E-state index in [-0.39, 0.29) is 11.7 Å². The number of thioether (sulfide) groups is 1. The van der Waals surface area contributed by atoms with E-state index in [4.69, 9.17) is 17.3 Å². The van der Waals surface area contributed by atoms with E-state index in [0.29, 0.717) is 19.6 Å². The Hall–Kier alpha value is -1.68. The van der Waals surface area contributed by atoms with Gasteiger partial charge >= 0.3 is 0 Å². The Morgan fingerprint density at radius 1 is 1.35 bits per heavy atom. The fraction of sp³-hybridized carbons (Fsp3) is 0.0769. The van der Waals surface area contributed by atoms with Crippen molar-refractivity contribution < 1.29 is 4.79 Å². The molecule has 1 aromatic carbocycles. The fourth-order valence-corrected chi connectivity index (χ4v) is 4.08. The molecule has 3 aromatic rings. The molecule has 118 valence electrons. The van der Waals surface area contributed by atoms with Gasteiger partial charge in [0.1, 0.15) is 0 Å². The second kappa shape index (κ2) is 7.26. The van der Waals surface area contributed by atoms with E-state index in [0.717, 1.165) is 11.3 Å². The summed E-state index contributed by atoms with van der Waals surface area (Å²) < 4.78 is 0.661. The Morgan fingerprint density at radius 2 is 2.17 bits per heavy atom. The van der Waals surface area contributed by atoms with Crippen LogP contribution in [0.5, 0.6) is 0 Å². The minimum Gasteiger partial charge on any atom is -0.374 e. The molecule has 6 nitrogen and oxygen atoms in total. The first-order valence-corrected chi connectivity index (χ1v) is 9.40. The first kappa shape index (κ1) is 16.2. The van der Waals surface area contributed by atoms with Crippen molar-refractivity contribution in [3.63, 3.8) is 0 Å². The molecule has 2 heterocycles. The molecule has 0 saturated heterocycles. The fourth-order valence-electron chi connectivity index (χ4n) is 1.69. The summed E-state index contributed by atoms with van der Waals surface area (Å²) in [5.74, 6) is 0.0548. The van der Waals surface area contributed by atoms with Gasteiger partial charge in [-0.3, -0.25) is 4.79 Å². The van der Waals surface area contributed by atoms with Crippen molar-refractivity contribution in [1.29, 1.82) is 0 Å². The normalized spacial score (nSPS) is 10.7. The van der Waals surface area contributed by atoms with Crippen LogP contribution in [0.4, 0.5) is 10.3 Å². The summed E-state index contributed by atoms with van der Waals surface area (Å²) in [6.45, 7) is 0. The second-order valence-electron chi connectivity index (χ2n) is 4.26. The van der Waals surface area contributed by atoms with Crippen LogP contribution in [0.1, 0.15) is 0 Å². The molecular weight excluding hydrogens is 374 g/mol. The summed E-state index contributed by atoms with van der Waals surface area (Å²) >= 11 is 10.0. The summed E-state index contributed by atoms with van der Waals surface area (Å²) in [7, 11) is 0. The highest BCUT2D eigenvalue weighted by molar-refractivity contribution is 8.01. The lowest BCUT2D eigenvalue weighted by Gasteiger charge is -2.00. The van der Waals surface area contributed by atoms with Gasteiger partial charge in [-0.25, -0.2) is 4.98 Å². The van der Waals surface area contributed by atoms with Crippen LogP contribution in [-0.2, 0) is 4.79 Å². The minimum atomic E-state index is -0.163. The van der Waals surface area contributed by atoms with Gasteiger partial charge in [-0.1, -0.05) is 52.9 Å². The molecule has 0 aliphatic heterocycles. The van der Waals surface area contributed by atoms with Crippen molar-refractivity contribution >= 4 is 62.2 Å². The topological polar surface area (TPSA) is 93.8 Å². The van der Waals surface area contributed by atoms with Crippen LogP contribution in [0.2, 0.25) is 5.02 Å². The van der Waals surface area contributed by atoms with Gasteiger partial charge in [-0.05, 0) is 6.07 Å². The molecule has 0 aliphatic carbocycles. The van der Waals surface area contributed by atoms with E-state index in [1.807, 2.05) is 23.6 Å². The molecule has 1 amide bonds. The number of nitrogen functional groups attached to an aromatic ring is 1. The first-order valence-electron chi connectivity index (χ1n) is 6.34. The van der Waals surface area contributed by atoms with E-state index < -0.39 is 0 Å². The van der Waals surface area contributed by atoms with Crippen LogP contribution in [-0.4, -0.2) is 26.8 Å². The van der Waals surface area contributed by atoms with Gasteiger partial charge in [0.25, 0.3) is 0 Å². The quantitative estimate of drug-likeness (QED) is 0.653. The lowest BCUT2D eigenvalue weighted by atomic mass is 10.2. The van der Waals surface area contributed by atoms with E-state index in [9.17, 15) is 4.79 Å². The van der Waals surface area contributed by atoms with Crippen LogP contribution in [0.25, 0.3) is 11.3 Å². The lowest BCUT2D eigenvalue weighted by molar-refractivity contribution is -0.113. The van der Waals surface area contributed by atoms with E-state index in [2.05, 4.69) is 20.5 Å². The van der Waals surface area contributed by atoms with Crippen LogP contribution < -0.4 is 11.1 Å². The third kappa shape index (κ3) is 4.20. The molecule has 0 fully saturated rings. The predicted molar refractivity (Wildman–Crippen MR) is 96.2 cm³/mol. The number of anilines is 2. The van der Waals surface area contributed by atoms with Crippen molar-refractivity contribution in [2.45, 2.75) is 4.34 Å². The zero-order chi connectivity index (χ0) is 16.2. The van der Waals surface area contributed by atoms with Crippen molar-refractivity contribution in [3.8, 4) is 11.3 Å². The molecule has 0 unspecified atom stereocenters. The highest BCUT2D eigenvalue weighted by atomic mass is 35.5. The number of nitrogens with two attached hydrogens (primary N) is 1. The number of carbonyl (C=O) groups excluding carboxylic acids is 1. The molecule has 3 N–H and O–H groups in total. The molecule has 2 aromatic heterocycles. The van der Waals surface area contributed by atoms with Crippen molar-refractivity contribution in [2.24, 2.45) is 0 Å². The highest BCUT2D eigenvalue weighted by Crippen LogP contribution is 2.30. The summed E-state index contributed by atoms with van der Waals surface area (Å²) in [5, 5.41) is 13.7. The molecule has 0 spiro atoms.